The average molecular weight is 237 g/mol. The van der Waals surface area contributed by atoms with Crippen molar-refractivity contribution in [2.24, 2.45) is 0 Å². The minimum atomic E-state index is 1.04. The van der Waals surface area contributed by atoms with E-state index in [1.165, 1.54) is 0 Å². The summed E-state index contributed by atoms with van der Waals surface area (Å²) in [5.41, 5.74) is 2.09. The lowest BCUT2D eigenvalue weighted by atomic mass is 10.2. The maximum atomic E-state index is 9.63. The van der Waals surface area contributed by atoms with E-state index in [-0.39, 0.29) is 0 Å². The summed E-state index contributed by atoms with van der Waals surface area (Å²) in [6, 6.07) is 19.7. The molecule has 0 radical (unpaired) electrons. The molecule has 0 spiro atoms. The Morgan fingerprint density at radius 1 is 0.667 bits per heavy atom. The van der Waals surface area contributed by atoms with E-state index in [0.717, 1.165) is 16.2 Å². The summed E-state index contributed by atoms with van der Waals surface area (Å²) in [5, 5.41) is 10.7. The van der Waals surface area contributed by atoms with Gasteiger partial charge >= 0.3 is 0 Å². The van der Waals surface area contributed by atoms with Crippen LogP contribution in [0, 0.1) is 0 Å². The van der Waals surface area contributed by atoms with Gasteiger partial charge in [-0.05, 0) is 23.3 Å². The van der Waals surface area contributed by atoms with Crippen LogP contribution >= 0.6 is 0 Å². The van der Waals surface area contributed by atoms with E-state index in [1.54, 1.807) is 12.4 Å². The van der Waals surface area contributed by atoms with E-state index in [9.17, 15) is 5.21 Å². The zero-order valence-electron chi connectivity index (χ0n) is 9.98. The lowest BCUT2D eigenvalue weighted by molar-refractivity contribution is 0.0135. The fourth-order valence-electron chi connectivity index (χ4n) is 1.50. The van der Waals surface area contributed by atoms with Crippen LogP contribution in [0.2, 0.25) is 0 Å². The third-order valence-electron chi connectivity index (χ3n) is 2.44. The summed E-state index contributed by atoms with van der Waals surface area (Å²) < 4.78 is 0. The second-order valence-electron chi connectivity index (χ2n) is 3.83. The molecular formula is C16H15NO. The summed E-state index contributed by atoms with van der Waals surface area (Å²) in [5.74, 6) is 0. The van der Waals surface area contributed by atoms with Crippen molar-refractivity contribution in [3.05, 3.63) is 84.2 Å². The summed E-state index contributed by atoms with van der Waals surface area (Å²) in [7, 11) is 0. The van der Waals surface area contributed by atoms with Crippen LogP contribution in [0.5, 0.6) is 0 Å². The predicted molar refractivity (Wildman–Crippen MR) is 74.6 cm³/mol. The maximum absolute atomic E-state index is 9.63. The van der Waals surface area contributed by atoms with Crippen molar-refractivity contribution in [3.63, 3.8) is 0 Å². The van der Waals surface area contributed by atoms with Crippen molar-refractivity contribution in [3.8, 4) is 0 Å². The van der Waals surface area contributed by atoms with Crippen molar-refractivity contribution >= 4 is 12.2 Å². The molecule has 2 heteroatoms. The molecule has 0 aliphatic rings. The number of benzene rings is 2. The van der Waals surface area contributed by atoms with Gasteiger partial charge in [0.05, 0.1) is 0 Å². The third-order valence-corrected chi connectivity index (χ3v) is 2.44. The molecule has 0 saturated heterocycles. The molecule has 1 N–H and O–H groups in total. The normalized spacial score (nSPS) is 11.2. The van der Waals surface area contributed by atoms with Crippen molar-refractivity contribution < 1.29 is 5.21 Å². The van der Waals surface area contributed by atoms with Crippen LogP contribution in [0.25, 0.3) is 12.2 Å². The van der Waals surface area contributed by atoms with Gasteiger partial charge < -0.3 is 0 Å². The van der Waals surface area contributed by atoms with Crippen LogP contribution in [0.15, 0.2) is 73.1 Å². The van der Waals surface area contributed by atoms with Crippen LogP contribution in [-0.2, 0) is 0 Å². The number of hydrogen-bond donors (Lipinski definition) is 1. The Bertz CT molecular complexity index is 468. The van der Waals surface area contributed by atoms with Gasteiger partial charge in [0.1, 0.15) is 0 Å². The number of hydroxylamine groups is 2. The van der Waals surface area contributed by atoms with Crippen molar-refractivity contribution in [1.29, 1.82) is 0 Å². The van der Waals surface area contributed by atoms with E-state index in [2.05, 4.69) is 0 Å². The van der Waals surface area contributed by atoms with Crippen molar-refractivity contribution in [2.75, 3.05) is 0 Å². The molecular weight excluding hydrogens is 222 g/mol. The molecule has 18 heavy (non-hydrogen) atoms. The second kappa shape index (κ2) is 6.42. The van der Waals surface area contributed by atoms with Gasteiger partial charge in [0.25, 0.3) is 0 Å². The Balaban J connectivity index is 1.95. The van der Waals surface area contributed by atoms with Crippen LogP contribution < -0.4 is 0 Å². The van der Waals surface area contributed by atoms with Gasteiger partial charge in [0.15, 0.2) is 0 Å². The number of rotatable bonds is 4. The zero-order chi connectivity index (χ0) is 12.6. The highest BCUT2D eigenvalue weighted by atomic mass is 16.5. The fourth-order valence-corrected chi connectivity index (χ4v) is 1.50. The SMILES string of the molecule is ON(C=Cc1ccccc1)C=Cc1ccccc1. The fraction of sp³-hybridized carbons (Fsp3) is 0. The van der Waals surface area contributed by atoms with E-state index in [1.807, 2.05) is 72.8 Å². The van der Waals surface area contributed by atoms with Crippen molar-refractivity contribution in [2.45, 2.75) is 0 Å². The van der Waals surface area contributed by atoms with Gasteiger partial charge in [0.2, 0.25) is 0 Å². The quantitative estimate of drug-likeness (QED) is 0.812. The highest BCUT2D eigenvalue weighted by molar-refractivity contribution is 5.50. The van der Waals surface area contributed by atoms with Gasteiger partial charge in [-0.3, -0.25) is 5.21 Å². The minimum Gasteiger partial charge on any atom is -0.285 e. The van der Waals surface area contributed by atoms with Crippen LogP contribution in [0.3, 0.4) is 0 Å². The third kappa shape index (κ3) is 3.92. The second-order valence-corrected chi connectivity index (χ2v) is 3.83. The highest BCUT2D eigenvalue weighted by Crippen LogP contribution is 2.04. The molecule has 0 atom stereocenters. The molecule has 0 bridgehead atoms. The molecule has 0 heterocycles. The first kappa shape index (κ1) is 12.1. The Labute approximate surface area is 107 Å². The van der Waals surface area contributed by atoms with Crippen LogP contribution in [0.1, 0.15) is 11.1 Å². The van der Waals surface area contributed by atoms with Gasteiger partial charge in [-0.2, -0.15) is 0 Å². The molecule has 0 fully saturated rings. The molecule has 2 aromatic rings. The van der Waals surface area contributed by atoms with Gasteiger partial charge in [-0.15, -0.1) is 0 Å². The molecule has 2 aromatic carbocycles. The molecule has 0 unspecified atom stereocenters. The zero-order valence-corrected chi connectivity index (χ0v) is 9.98. The molecule has 0 aromatic heterocycles. The number of hydrogen-bond acceptors (Lipinski definition) is 2. The Hall–Kier alpha value is -2.32. The molecule has 2 nitrogen and oxygen atoms in total. The molecule has 0 saturated carbocycles. The molecule has 0 amide bonds. The largest absolute Gasteiger partial charge is 0.285 e. The molecule has 2 rings (SSSR count). The number of nitrogens with zero attached hydrogens (tertiary/aromatic N) is 1. The monoisotopic (exact) mass is 237 g/mol. The van der Waals surface area contributed by atoms with E-state index < -0.39 is 0 Å². The lowest BCUT2D eigenvalue weighted by Crippen LogP contribution is -2.00. The van der Waals surface area contributed by atoms with Crippen molar-refractivity contribution in [1.82, 2.24) is 5.06 Å². The van der Waals surface area contributed by atoms with Crippen LogP contribution in [-0.4, -0.2) is 10.3 Å². The predicted octanol–water partition coefficient (Wildman–Crippen LogP) is 4.02. The molecule has 0 aliphatic carbocycles. The maximum Gasteiger partial charge on any atom is 0.0330 e. The highest BCUT2D eigenvalue weighted by Gasteiger charge is 1.88. The van der Waals surface area contributed by atoms with E-state index >= 15 is 0 Å². The average Bonchev–Trinajstić information content (AvgIpc) is 2.45. The Kier molecular flexibility index (Phi) is 4.33. The summed E-state index contributed by atoms with van der Waals surface area (Å²) >= 11 is 0. The first-order valence-corrected chi connectivity index (χ1v) is 5.78. The summed E-state index contributed by atoms with van der Waals surface area (Å²) in [4.78, 5) is 0. The van der Waals surface area contributed by atoms with Gasteiger partial charge in [0, 0.05) is 12.4 Å². The molecule has 90 valence electrons. The Morgan fingerprint density at radius 3 is 1.44 bits per heavy atom. The van der Waals surface area contributed by atoms with Crippen LogP contribution in [0.4, 0.5) is 0 Å². The topological polar surface area (TPSA) is 23.5 Å². The first-order valence-electron chi connectivity index (χ1n) is 5.78. The minimum absolute atomic E-state index is 1.04. The Morgan fingerprint density at radius 2 is 1.06 bits per heavy atom. The smallest absolute Gasteiger partial charge is 0.0330 e. The van der Waals surface area contributed by atoms with E-state index in [0.29, 0.717) is 0 Å². The van der Waals surface area contributed by atoms with Gasteiger partial charge in [-0.1, -0.05) is 60.7 Å². The van der Waals surface area contributed by atoms with E-state index in [4.69, 9.17) is 0 Å². The molecule has 0 aliphatic heterocycles. The lowest BCUT2D eigenvalue weighted by Gasteiger charge is -2.04. The van der Waals surface area contributed by atoms with Gasteiger partial charge in [-0.25, -0.2) is 5.06 Å². The summed E-state index contributed by atoms with van der Waals surface area (Å²) in [6.45, 7) is 0. The summed E-state index contributed by atoms with van der Waals surface area (Å²) in [6.07, 6.45) is 6.90. The standard InChI is InChI=1S/C16H15NO/c18-17(13-11-15-7-3-1-4-8-15)14-12-16-9-5-2-6-10-16/h1-14,18H. The first-order chi connectivity index (χ1) is 8.84.